The molecular weight excluding hydrogens is 368 g/mol. The average molecular weight is 383 g/mol. The lowest BCUT2D eigenvalue weighted by molar-refractivity contribution is -0.134. The van der Waals surface area contributed by atoms with Gasteiger partial charge in [-0.05, 0) is 48.0 Å². The van der Waals surface area contributed by atoms with Crippen LogP contribution >= 0.6 is 0 Å². The Labute approximate surface area is 149 Å². The second-order valence-corrected chi connectivity index (χ2v) is 6.62. The third-order valence-electron chi connectivity index (χ3n) is 3.11. The molecule has 0 amide bonds. The second-order valence-electron chi connectivity index (χ2n) is 4.94. The Kier molecular flexibility index (Phi) is 6.29. The van der Waals surface area contributed by atoms with Crippen molar-refractivity contribution in [2.45, 2.75) is 11.5 Å². The van der Waals surface area contributed by atoms with Crippen LogP contribution in [0.15, 0.2) is 59.5 Å². The fraction of sp³-hybridized carbons (Fsp3) is 0.118. The van der Waals surface area contributed by atoms with Crippen molar-refractivity contribution in [1.29, 1.82) is 0 Å². The maximum atomic E-state index is 12.4. The Morgan fingerprint density at radius 1 is 1.15 bits per heavy atom. The molecule has 0 radical (unpaired) electrons. The number of esters is 1. The SMILES string of the molecule is COC(=O)/C=C/c1cccc(S(=O)(=O)Nc2ccc(OC(F)F)cc2)c1. The summed E-state index contributed by atoms with van der Waals surface area (Å²) in [5.74, 6) is -0.652. The van der Waals surface area contributed by atoms with Crippen LogP contribution in [0.4, 0.5) is 14.5 Å². The predicted octanol–water partition coefficient (Wildman–Crippen LogP) is 3.28. The van der Waals surface area contributed by atoms with Gasteiger partial charge < -0.3 is 9.47 Å². The second kappa shape index (κ2) is 8.43. The monoisotopic (exact) mass is 383 g/mol. The van der Waals surface area contributed by atoms with Crippen LogP contribution in [-0.4, -0.2) is 28.1 Å². The fourth-order valence-corrected chi connectivity index (χ4v) is 3.05. The molecule has 9 heteroatoms. The number of hydrogen-bond donors (Lipinski definition) is 1. The van der Waals surface area contributed by atoms with Gasteiger partial charge in [-0.15, -0.1) is 0 Å². The van der Waals surface area contributed by atoms with Gasteiger partial charge in [-0.25, -0.2) is 13.2 Å². The van der Waals surface area contributed by atoms with Gasteiger partial charge in [0.15, 0.2) is 0 Å². The summed E-state index contributed by atoms with van der Waals surface area (Å²) in [5.41, 5.74) is 0.668. The van der Waals surface area contributed by atoms with Crippen molar-refractivity contribution in [3.63, 3.8) is 0 Å². The van der Waals surface area contributed by atoms with Crippen molar-refractivity contribution in [3.05, 3.63) is 60.2 Å². The summed E-state index contributed by atoms with van der Waals surface area (Å²) in [7, 11) is -2.67. The van der Waals surface area contributed by atoms with Gasteiger partial charge >= 0.3 is 12.6 Å². The van der Waals surface area contributed by atoms with Crippen LogP contribution in [0.25, 0.3) is 6.08 Å². The highest BCUT2D eigenvalue weighted by atomic mass is 32.2. The third-order valence-corrected chi connectivity index (χ3v) is 4.49. The molecule has 0 aliphatic rings. The van der Waals surface area contributed by atoms with E-state index in [9.17, 15) is 22.0 Å². The smallest absolute Gasteiger partial charge is 0.387 e. The maximum absolute atomic E-state index is 12.4. The molecule has 1 N–H and O–H groups in total. The summed E-state index contributed by atoms with van der Waals surface area (Å²) in [5, 5.41) is 0. The minimum atomic E-state index is -3.90. The molecule has 0 aromatic heterocycles. The van der Waals surface area contributed by atoms with Gasteiger partial charge in [0.05, 0.1) is 12.0 Å². The van der Waals surface area contributed by atoms with Gasteiger partial charge in [0.2, 0.25) is 0 Å². The van der Waals surface area contributed by atoms with Gasteiger partial charge in [-0.2, -0.15) is 8.78 Å². The number of benzene rings is 2. The summed E-state index contributed by atoms with van der Waals surface area (Å²) in [4.78, 5) is 11.1. The van der Waals surface area contributed by atoms with E-state index in [4.69, 9.17) is 0 Å². The first-order valence-corrected chi connectivity index (χ1v) is 8.72. The fourth-order valence-electron chi connectivity index (χ4n) is 1.94. The number of methoxy groups -OCH3 is 1. The molecule has 6 nitrogen and oxygen atoms in total. The molecule has 0 spiro atoms. The van der Waals surface area contributed by atoms with E-state index in [1.165, 1.54) is 61.7 Å². The topological polar surface area (TPSA) is 81.7 Å². The first-order valence-electron chi connectivity index (χ1n) is 7.24. The number of rotatable bonds is 7. The van der Waals surface area contributed by atoms with Crippen molar-refractivity contribution >= 4 is 27.8 Å². The molecule has 0 bridgehead atoms. The molecular formula is C17H15F2NO5S. The van der Waals surface area contributed by atoms with Crippen molar-refractivity contribution < 1.29 is 31.5 Å². The molecule has 0 fully saturated rings. The van der Waals surface area contributed by atoms with E-state index in [1.54, 1.807) is 6.07 Å². The average Bonchev–Trinajstić information content (AvgIpc) is 2.61. The van der Waals surface area contributed by atoms with Crippen LogP contribution in [0.1, 0.15) is 5.56 Å². The molecule has 0 aliphatic carbocycles. The molecule has 0 aliphatic heterocycles. The zero-order valence-corrected chi connectivity index (χ0v) is 14.4. The molecule has 138 valence electrons. The first kappa shape index (κ1) is 19.4. The van der Waals surface area contributed by atoms with Crippen LogP contribution in [0, 0.1) is 0 Å². The summed E-state index contributed by atoms with van der Waals surface area (Å²) >= 11 is 0. The van der Waals surface area contributed by atoms with Crippen LogP contribution < -0.4 is 9.46 Å². The van der Waals surface area contributed by atoms with Crippen molar-refractivity contribution in [1.82, 2.24) is 0 Å². The molecule has 0 heterocycles. The lowest BCUT2D eigenvalue weighted by Gasteiger charge is -2.10. The summed E-state index contributed by atoms with van der Waals surface area (Å²) < 4.78 is 60.1. The van der Waals surface area contributed by atoms with Gasteiger partial charge in [0.25, 0.3) is 10.0 Å². The van der Waals surface area contributed by atoms with E-state index in [1.807, 2.05) is 0 Å². The summed E-state index contributed by atoms with van der Waals surface area (Å²) in [6, 6.07) is 10.9. The van der Waals surface area contributed by atoms with Crippen LogP contribution in [0.3, 0.4) is 0 Å². The number of sulfonamides is 1. The Morgan fingerprint density at radius 2 is 1.85 bits per heavy atom. The van der Waals surface area contributed by atoms with Crippen LogP contribution in [-0.2, 0) is 19.6 Å². The number of halogens is 2. The molecule has 0 saturated carbocycles. The Hall–Kier alpha value is -2.94. The van der Waals surface area contributed by atoms with E-state index in [0.29, 0.717) is 5.56 Å². The third kappa shape index (κ3) is 5.55. The molecule has 0 saturated heterocycles. The van der Waals surface area contributed by atoms with Crippen molar-refractivity contribution in [3.8, 4) is 5.75 Å². The summed E-state index contributed by atoms with van der Waals surface area (Å²) in [6.07, 6.45) is 2.59. The van der Waals surface area contributed by atoms with Gasteiger partial charge in [0, 0.05) is 11.8 Å². The highest BCUT2D eigenvalue weighted by molar-refractivity contribution is 7.92. The predicted molar refractivity (Wildman–Crippen MR) is 91.4 cm³/mol. The number of alkyl halides is 2. The van der Waals surface area contributed by atoms with E-state index in [-0.39, 0.29) is 16.3 Å². The molecule has 0 atom stereocenters. The lowest BCUT2D eigenvalue weighted by atomic mass is 10.2. The largest absolute Gasteiger partial charge is 0.466 e. The summed E-state index contributed by atoms with van der Waals surface area (Å²) in [6.45, 7) is -2.96. The molecule has 2 aromatic carbocycles. The van der Waals surface area contributed by atoms with Gasteiger partial charge in [0.1, 0.15) is 5.75 Å². The molecule has 2 rings (SSSR count). The highest BCUT2D eigenvalue weighted by Crippen LogP contribution is 2.21. The van der Waals surface area contributed by atoms with E-state index < -0.39 is 22.6 Å². The highest BCUT2D eigenvalue weighted by Gasteiger charge is 2.14. The first-order chi connectivity index (χ1) is 12.3. The van der Waals surface area contributed by atoms with E-state index >= 15 is 0 Å². The number of carbonyl (C=O) groups is 1. The van der Waals surface area contributed by atoms with Crippen molar-refractivity contribution in [2.24, 2.45) is 0 Å². The van der Waals surface area contributed by atoms with E-state index in [0.717, 1.165) is 0 Å². The maximum Gasteiger partial charge on any atom is 0.387 e. The Balaban J connectivity index is 2.17. The Bertz CT molecular complexity index is 896. The molecule has 2 aromatic rings. The van der Waals surface area contributed by atoms with Crippen LogP contribution in [0.2, 0.25) is 0 Å². The lowest BCUT2D eigenvalue weighted by Crippen LogP contribution is -2.13. The number of hydrogen-bond acceptors (Lipinski definition) is 5. The minimum absolute atomic E-state index is 0.0302. The number of nitrogens with one attached hydrogen (secondary N) is 1. The van der Waals surface area contributed by atoms with Gasteiger partial charge in [-0.1, -0.05) is 12.1 Å². The standard InChI is InChI=1S/C17H15F2NO5S/c1-24-16(21)10-5-12-3-2-4-15(11-12)26(22,23)20-13-6-8-14(9-7-13)25-17(18)19/h2-11,17,20H,1H3/b10-5+. The number of anilines is 1. The molecule has 0 unspecified atom stereocenters. The van der Waals surface area contributed by atoms with Gasteiger partial charge in [-0.3, -0.25) is 4.72 Å². The number of carbonyl (C=O) groups excluding carboxylic acids is 1. The molecule has 26 heavy (non-hydrogen) atoms. The zero-order chi connectivity index (χ0) is 19.2. The zero-order valence-electron chi connectivity index (χ0n) is 13.6. The Morgan fingerprint density at radius 3 is 2.46 bits per heavy atom. The van der Waals surface area contributed by atoms with Crippen molar-refractivity contribution in [2.75, 3.05) is 11.8 Å². The normalized spacial score (nSPS) is 11.5. The number of ether oxygens (including phenoxy) is 2. The van der Waals surface area contributed by atoms with Crippen LogP contribution in [0.5, 0.6) is 5.75 Å². The van der Waals surface area contributed by atoms with E-state index in [2.05, 4.69) is 14.2 Å². The minimum Gasteiger partial charge on any atom is -0.466 e. The quantitative estimate of drug-likeness (QED) is 0.586.